The van der Waals surface area contributed by atoms with Crippen LogP contribution >= 0.6 is 22.9 Å². The zero-order chi connectivity index (χ0) is 21.3. The van der Waals surface area contributed by atoms with Gasteiger partial charge in [-0.3, -0.25) is 4.79 Å². The topological polar surface area (TPSA) is 38.8 Å². The number of halogens is 2. The highest BCUT2D eigenvalue weighted by atomic mass is 35.5. The second-order valence-corrected chi connectivity index (χ2v) is 8.48. The molecule has 1 aliphatic rings. The van der Waals surface area contributed by atoms with E-state index in [4.69, 9.17) is 21.1 Å². The van der Waals surface area contributed by atoms with E-state index in [9.17, 15) is 9.18 Å². The van der Waals surface area contributed by atoms with Gasteiger partial charge in [0.15, 0.2) is 11.5 Å². The molecule has 30 heavy (non-hydrogen) atoms. The molecule has 0 saturated heterocycles. The predicted molar refractivity (Wildman–Crippen MR) is 116 cm³/mol. The van der Waals surface area contributed by atoms with E-state index in [2.05, 4.69) is 0 Å². The molecule has 0 aliphatic carbocycles. The van der Waals surface area contributed by atoms with Crippen LogP contribution in [0.2, 0.25) is 5.02 Å². The van der Waals surface area contributed by atoms with Crippen molar-refractivity contribution in [2.45, 2.75) is 18.9 Å². The van der Waals surface area contributed by atoms with E-state index in [1.54, 1.807) is 31.3 Å². The standard InChI is InChI=1S/C23H21ClFNO3S/c1-28-19-11-14-8-9-26(21(27)12-15-5-4-10-30-15)23(16(14)13-20(19)29-2)22-17(24)6-3-7-18(22)25/h3-7,10-11,13,23H,8-9,12H2,1-2H3/t23-/m1/s1. The smallest absolute Gasteiger partial charge is 0.228 e. The third-order valence-electron chi connectivity index (χ3n) is 5.37. The third-order valence-corrected chi connectivity index (χ3v) is 6.58. The van der Waals surface area contributed by atoms with E-state index in [1.165, 1.54) is 17.4 Å². The van der Waals surface area contributed by atoms with Crippen molar-refractivity contribution in [3.63, 3.8) is 0 Å². The number of ether oxygens (including phenoxy) is 2. The monoisotopic (exact) mass is 445 g/mol. The molecule has 0 unspecified atom stereocenters. The van der Waals surface area contributed by atoms with Gasteiger partial charge in [0.25, 0.3) is 0 Å². The molecule has 1 aromatic heterocycles. The SMILES string of the molecule is COc1cc2c(cc1OC)[C@H](c1c(F)cccc1Cl)N(C(=O)Cc1cccs1)CC2. The average molecular weight is 446 g/mol. The molecule has 2 aromatic carbocycles. The van der Waals surface area contributed by atoms with Gasteiger partial charge in [0.2, 0.25) is 5.91 Å². The summed E-state index contributed by atoms with van der Waals surface area (Å²) in [6.45, 7) is 0.460. The third kappa shape index (κ3) is 3.77. The van der Waals surface area contributed by atoms with E-state index in [0.717, 1.165) is 16.0 Å². The van der Waals surface area contributed by atoms with Crippen LogP contribution in [0.4, 0.5) is 4.39 Å². The molecular formula is C23H21ClFNO3S. The highest BCUT2D eigenvalue weighted by molar-refractivity contribution is 7.10. The zero-order valence-electron chi connectivity index (χ0n) is 16.7. The van der Waals surface area contributed by atoms with Crippen LogP contribution in [-0.4, -0.2) is 31.6 Å². The number of amides is 1. The van der Waals surface area contributed by atoms with Gasteiger partial charge in [0.05, 0.1) is 26.7 Å². The van der Waals surface area contributed by atoms with E-state index >= 15 is 0 Å². The number of rotatable bonds is 5. The maximum atomic E-state index is 15.0. The summed E-state index contributed by atoms with van der Waals surface area (Å²) < 4.78 is 25.9. The number of carbonyl (C=O) groups is 1. The summed E-state index contributed by atoms with van der Waals surface area (Å²) in [4.78, 5) is 16.0. The average Bonchev–Trinajstić information content (AvgIpc) is 3.25. The van der Waals surface area contributed by atoms with Crippen molar-refractivity contribution in [3.05, 3.63) is 80.3 Å². The lowest BCUT2D eigenvalue weighted by Crippen LogP contribution is -2.41. The maximum Gasteiger partial charge on any atom is 0.228 e. The first-order valence-corrected chi connectivity index (χ1v) is 10.8. The molecule has 7 heteroatoms. The predicted octanol–water partition coefficient (Wildman–Crippen LogP) is 5.27. The molecule has 2 heterocycles. The fraction of sp³-hybridized carbons (Fsp3) is 0.261. The molecule has 156 valence electrons. The van der Waals surface area contributed by atoms with Crippen LogP contribution in [0.25, 0.3) is 0 Å². The number of thiophene rings is 1. The minimum absolute atomic E-state index is 0.0674. The molecule has 0 bridgehead atoms. The van der Waals surface area contributed by atoms with Crippen molar-refractivity contribution >= 4 is 28.8 Å². The Hall–Kier alpha value is -2.57. The van der Waals surface area contributed by atoms with Crippen molar-refractivity contribution in [3.8, 4) is 11.5 Å². The molecule has 0 fully saturated rings. The Morgan fingerprint density at radius 1 is 1.20 bits per heavy atom. The zero-order valence-corrected chi connectivity index (χ0v) is 18.2. The van der Waals surface area contributed by atoms with Crippen LogP contribution in [0.15, 0.2) is 47.8 Å². The molecular weight excluding hydrogens is 425 g/mol. The Morgan fingerprint density at radius 2 is 1.97 bits per heavy atom. The molecule has 1 aliphatic heterocycles. The highest BCUT2D eigenvalue weighted by Crippen LogP contribution is 2.43. The van der Waals surface area contributed by atoms with Gasteiger partial charge in [-0.15, -0.1) is 11.3 Å². The van der Waals surface area contributed by atoms with Gasteiger partial charge in [-0.2, -0.15) is 0 Å². The van der Waals surface area contributed by atoms with Crippen molar-refractivity contribution in [2.75, 3.05) is 20.8 Å². The summed E-state index contributed by atoms with van der Waals surface area (Å²) in [6, 6.07) is 11.5. The summed E-state index contributed by atoms with van der Waals surface area (Å²) in [6.07, 6.45) is 0.900. The second-order valence-electron chi connectivity index (χ2n) is 7.04. The van der Waals surface area contributed by atoms with Gasteiger partial charge in [-0.1, -0.05) is 23.7 Å². The van der Waals surface area contributed by atoms with Crippen LogP contribution in [-0.2, 0) is 17.6 Å². The summed E-state index contributed by atoms with van der Waals surface area (Å²) in [5.41, 5.74) is 2.08. The number of fused-ring (bicyclic) bond motifs is 1. The van der Waals surface area contributed by atoms with Crippen LogP contribution in [0.1, 0.15) is 27.6 Å². The quantitative estimate of drug-likeness (QED) is 0.536. The van der Waals surface area contributed by atoms with Gasteiger partial charge < -0.3 is 14.4 Å². The highest BCUT2D eigenvalue weighted by Gasteiger charge is 2.36. The normalized spacial score (nSPS) is 15.6. The summed E-state index contributed by atoms with van der Waals surface area (Å²) in [5, 5.41) is 2.23. The Balaban J connectivity index is 1.85. The van der Waals surface area contributed by atoms with E-state index in [1.807, 2.05) is 29.6 Å². The maximum absolute atomic E-state index is 15.0. The number of methoxy groups -OCH3 is 2. The number of nitrogens with zero attached hydrogens (tertiary/aromatic N) is 1. The first-order chi connectivity index (χ1) is 14.5. The fourth-order valence-corrected chi connectivity index (χ4v) is 4.92. The molecule has 3 aromatic rings. The number of hydrogen-bond acceptors (Lipinski definition) is 4. The second kappa shape index (κ2) is 8.66. The summed E-state index contributed by atoms with van der Waals surface area (Å²) in [5.74, 6) is 0.625. The van der Waals surface area contributed by atoms with Crippen molar-refractivity contribution in [2.24, 2.45) is 0 Å². The largest absolute Gasteiger partial charge is 0.493 e. The fourth-order valence-electron chi connectivity index (χ4n) is 3.96. The Bertz CT molecular complexity index is 1050. The van der Waals surface area contributed by atoms with Gasteiger partial charge in [0, 0.05) is 22.0 Å². The summed E-state index contributed by atoms with van der Waals surface area (Å²) >= 11 is 7.97. The molecule has 0 radical (unpaired) electrons. The molecule has 0 saturated carbocycles. The lowest BCUT2D eigenvalue weighted by Gasteiger charge is -2.38. The lowest BCUT2D eigenvalue weighted by atomic mass is 9.87. The molecule has 1 amide bonds. The first-order valence-electron chi connectivity index (χ1n) is 9.54. The van der Waals surface area contributed by atoms with Crippen molar-refractivity contribution in [1.29, 1.82) is 0 Å². The number of hydrogen-bond donors (Lipinski definition) is 0. The minimum Gasteiger partial charge on any atom is -0.493 e. The van der Waals surface area contributed by atoms with E-state index in [0.29, 0.717) is 30.0 Å². The van der Waals surface area contributed by atoms with Crippen LogP contribution < -0.4 is 9.47 Å². The molecule has 0 spiro atoms. The Kier molecular flexibility index (Phi) is 5.97. The number of carbonyl (C=O) groups excluding carboxylic acids is 1. The number of benzene rings is 2. The van der Waals surface area contributed by atoms with Gasteiger partial charge >= 0.3 is 0 Å². The van der Waals surface area contributed by atoms with Crippen molar-refractivity contribution < 1.29 is 18.7 Å². The molecule has 0 N–H and O–H groups in total. The lowest BCUT2D eigenvalue weighted by molar-refractivity contribution is -0.132. The first kappa shape index (κ1) is 20.7. The van der Waals surface area contributed by atoms with Crippen LogP contribution in [0.5, 0.6) is 11.5 Å². The minimum atomic E-state index is -0.644. The molecule has 1 atom stereocenters. The Labute approximate surface area is 183 Å². The Morgan fingerprint density at radius 3 is 2.63 bits per heavy atom. The van der Waals surface area contributed by atoms with Gasteiger partial charge in [-0.05, 0) is 53.3 Å². The van der Waals surface area contributed by atoms with Crippen molar-refractivity contribution in [1.82, 2.24) is 4.90 Å². The van der Waals surface area contributed by atoms with Crippen LogP contribution in [0.3, 0.4) is 0 Å². The van der Waals surface area contributed by atoms with E-state index < -0.39 is 11.9 Å². The van der Waals surface area contributed by atoms with E-state index in [-0.39, 0.29) is 17.4 Å². The summed E-state index contributed by atoms with van der Waals surface area (Å²) in [7, 11) is 3.13. The molecule has 4 nitrogen and oxygen atoms in total. The van der Waals surface area contributed by atoms with Crippen LogP contribution in [0, 0.1) is 5.82 Å². The van der Waals surface area contributed by atoms with Gasteiger partial charge in [-0.25, -0.2) is 4.39 Å². The van der Waals surface area contributed by atoms with Gasteiger partial charge in [0.1, 0.15) is 5.82 Å². The molecule has 4 rings (SSSR count).